The van der Waals surface area contributed by atoms with E-state index in [1.165, 1.54) is 12.1 Å². The number of hydroxylamine groups is 2. The highest BCUT2D eigenvalue weighted by Crippen LogP contribution is 2.63. The number of nitrogens with one attached hydrogen (secondary N) is 5. The second-order valence-corrected chi connectivity index (χ2v) is 27.6. The van der Waals surface area contributed by atoms with Crippen molar-refractivity contribution >= 4 is 68.2 Å². The first-order valence-electron chi connectivity index (χ1n) is 34.3. The second-order valence-electron chi connectivity index (χ2n) is 27.6. The number of rotatable bonds is 17. The zero-order valence-electron chi connectivity index (χ0n) is 56.1. The molecule has 8 aromatic carbocycles. The minimum atomic E-state index is -0.959. The van der Waals surface area contributed by atoms with Gasteiger partial charge in [0.1, 0.15) is 25.6 Å². The summed E-state index contributed by atoms with van der Waals surface area (Å²) in [6.07, 6.45) is 2.45. The Morgan fingerprint density at radius 2 is 0.808 bits per heavy atom. The predicted octanol–water partition coefficient (Wildman–Crippen LogP) is 13.2. The summed E-state index contributed by atoms with van der Waals surface area (Å²) in [6, 6.07) is 65.2. The smallest absolute Gasteiger partial charge is 0.307 e. The van der Waals surface area contributed by atoms with E-state index in [0.29, 0.717) is 56.3 Å². The zero-order valence-corrected chi connectivity index (χ0v) is 56.1. The number of amides is 5. The van der Waals surface area contributed by atoms with Crippen molar-refractivity contribution in [1.29, 1.82) is 0 Å². The molecule has 104 heavy (non-hydrogen) atoms. The van der Waals surface area contributed by atoms with Gasteiger partial charge in [-0.3, -0.25) is 44.2 Å². The first-order chi connectivity index (χ1) is 50.4. The van der Waals surface area contributed by atoms with Gasteiger partial charge in [-0.2, -0.15) is 0 Å². The molecule has 6 heterocycles. The van der Waals surface area contributed by atoms with Crippen LogP contribution in [0.3, 0.4) is 0 Å². The number of ether oxygens (including phenoxy) is 3. The fraction of sp³-hybridized carbons (Fsp3) is 0.232. The third-order valence-electron chi connectivity index (χ3n) is 21.2. The Morgan fingerprint density at radius 3 is 1.22 bits per heavy atom. The number of aliphatic carboxylic acids is 1. The Kier molecular flexibility index (Phi) is 18.1. The van der Waals surface area contributed by atoms with E-state index in [2.05, 4.69) is 20.9 Å². The molecule has 3 aliphatic carbocycles. The molecule has 3 saturated carbocycles. The van der Waals surface area contributed by atoms with Crippen LogP contribution >= 0.6 is 0 Å². The van der Waals surface area contributed by atoms with E-state index < -0.39 is 75.5 Å². The molecular weight excluding hydrogens is 1330 g/mol. The maximum Gasteiger partial charge on any atom is 0.307 e. The van der Waals surface area contributed by atoms with Crippen LogP contribution in [0.25, 0.3) is 55.2 Å². The van der Waals surface area contributed by atoms with Crippen molar-refractivity contribution in [2.75, 3.05) is 0 Å². The number of halogens is 2. The van der Waals surface area contributed by atoms with Crippen molar-refractivity contribution in [3.05, 3.63) is 263 Å². The number of hydrogen-bond acceptors (Lipinski definition) is 14. The third kappa shape index (κ3) is 13.2. The molecule has 0 radical (unpaired) electrons. The third-order valence-corrected chi connectivity index (χ3v) is 21.2. The second kappa shape index (κ2) is 27.7. The summed E-state index contributed by atoms with van der Waals surface area (Å²) >= 11 is 0. The lowest BCUT2D eigenvalue weighted by Gasteiger charge is -2.14. The summed E-state index contributed by atoms with van der Waals surface area (Å²) in [5.74, 6) is -4.43. The van der Waals surface area contributed by atoms with Crippen LogP contribution in [0.4, 0.5) is 8.78 Å². The molecule has 9 atom stereocenters. The molecule has 5 amide bonds. The molecule has 3 saturated heterocycles. The standard InChI is InChI=1S/C29H24FN3O4.C29H23FN2O4.C24H23N3O4/c30-22-12-18(25-15-29(28(35)32-25)14-21(29)27(34)33-36)10-11-26(22)37-16-19-13-24(17-6-2-1-3-7-17)31-23-9-5-4-8-20(19)23;30-22-12-18(25-15-29(28(35)32-25)14-21(29)27(33)34)10-11-26(22)36-16-19-13-24(17-6-2-1-3-7-17)31-23-9-5-4-8-20(19)23;1-14-10-16(18-4-2-3-5-20(18)25-14)13-31-17-8-6-15(7-9-17)21-12-24(23(29)26-21)11-19(24)22(28)27-30/h1-13,21,25,36H,14-16H2,(H,32,35)(H,33,34);1-13,21,25H,14-16H2,(H,32,35)(H,33,34);2-10,19,21,30H,11-13H2,1H3,(H,26,29)(H,27,28)/t2*21-,25?,29-;19-,21?,24-/m111/s1. The van der Waals surface area contributed by atoms with E-state index in [9.17, 15) is 33.9 Å². The Bertz CT molecular complexity index is 5230. The van der Waals surface area contributed by atoms with Crippen LogP contribution in [-0.2, 0) is 48.6 Å². The summed E-state index contributed by atoms with van der Waals surface area (Å²) < 4.78 is 47.9. The van der Waals surface area contributed by atoms with Crippen LogP contribution in [0.5, 0.6) is 17.2 Å². The SMILES string of the molecule is Cc1cc(COc2ccc(C3C[C@@]4(C[C@@H]4C(=O)NO)C(=O)N3)cc2)c2ccccc2n1.O=C(NO)[C@H]1C[C@@]12CC(c1ccc(OCc3cc(-c4ccccc4)nc4ccccc34)c(F)c1)NC2=O.O=C(O)[C@H]1C[C@@]12CC(c1ccc(OCc3cc(-c4ccccc4)nc4ccccc34)c(F)c1)NC2=O. The number of aromatic nitrogens is 3. The number of carboxylic acid groups (broad SMARTS) is 1. The van der Waals surface area contributed by atoms with Gasteiger partial charge < -0.3 is 35.3 Å². The monoisotopic (exact) mass is 1400 g/mol. The van der Waals surface area contributed by atoms with Gasteiger partial charge in [0.2, 0.25) is 29.5 Å². The normalized spacial score (nSPS) is 22.9. The van der Waals surface area contributed by atoms with E-state index in [4.69, 9.17) is 34.6 Å². The molecule has 0 bridgehead atoms. The van der Waals surface area contributed by atoms with Gasteiger partial charge in [0.15, 0.2) is 23.1 Å². The number of carbonyl (C=O) groups is 6. The molecule has 22 heteroatoms. The fourth-order valence-electron chi connectivity index (χ4n) is 15.3. The van der Waals surface area contributed by atoms with Crippen molar-refractivity contribution in [3.63, 3.8) is 0 Å². The average molecular weight is 1400 g/mol. The molecule has 20 nitrogen and oxygen atoms in total. The molecule has 524 valence electrons. The maximum absolute atomic E-state index is 15.1. The van der Waals surface area contributed by atoms with Crippen molar-refractivity contribution < 1.29 is 67.3 Å². The van der Waals surface area contributed by atoms with Gasteiger partial charge in [-0.1, -0.05) is 140 Å². The van der Waals surface area contributed by atoms with Crippen molar-refractivity contribution in [3.8, 4) is 39.8 Å². The first-order valence-corrected chi connectivity index (χ1v) is 34.3. The summed E-state index contributed by atoms with van der Waals surface area (Å²) in [7, 11) is 0. The number of aryl methyl sites for hydroxylation is 1. The van der Waals surface area contributed by atoms with E-state index in [1.807, 2.05) is 183 Å². The molecule has 6 fully saturated rings. The van der Waals surface area contributed by atoms with Crippen LogP contribution in [-0.4, -0.2) is 66.0 Å². The Balaban J connectivity index is 0.000000126. The largest absolute Gasteiger partial charge is 0.489 e. The number of nitrogens with zero attached hydrogens (tertiary/aromatic N) is 3. The molecule has 6 aliphatic rings. The Hall–Kier alpha value is -12.0. The zero-order chi connectivity index (χ0) is 72.0. The van der Waals surface area contributed by atoms with E-state index >= 15 is 8.78 Å². The van der Waals surface area contributed by atoms with Crippen molar-refractivity contribution in [1.82, 2.24) is 41.9 Å². The van der Waals surface area contributed by atoms with Gasteiger partial charge in [0.05, 0.1) is 80.1 Å². The van der Waals surface area contributed by atoms with Crippen LogP contribution in [0.15, 0.2) is 212 Å². The number of carboxylic acids is 1. The Labute approximate surface area is 594 Å². The summed E-state index contributed by atoms with van der Waals surface area (Å²) in [4.78, 5) is 86.3. The average Bonchev–Trinajstić information content (AvgIpc) is 1.56. The molecule has 17 rings (SSSR count). The number of para-hydroxylation sites is 3. The molecule has 3 aromatic heterocycles. The fourth-order valence-corrected chi connectivity index (χ4v) is 15.3. The number of fused-ring (bicyclic) bond motifs is 3. The lowest BCUT2D eigenvalue weighted by atomic mass is 9.95. The van der Waals surface area contributed by atoms with Crippen LogP contribution < -0.4 is 41.1 Å². The van der Waals surface area contributed by atoms with E-state index in [0.717, 1.165) is 88.9 Å². The quantitative estimate of drug-likeness (QED) is 0.0311. The minimum absolute atomic E-state index is 0.105. The molecule has 8 N–H and O–H groups in total. The van der Waals surface area contributed by atoms with Crippen LogP contribution in [0, 0.1) is 52.6 Å². The van der Waals surface area contributed by atoms with Crippen molar-refractivity contribution in [2.24, 2.45) is 34.0 Å². The van der Waals surface area contributed by atoms with Crippen molar-refractivity contribution in [2.45, 2.75) is 83.4 Å². The molecule has 11 aromatic rings. The van der Waals surface area contributed by atoms with Gasteiger partial charge in [-0.15, -0.1) is 0 Å². The van der Waals surface area contributed by atoms with E-state index in [-0.39, 0.29) is 48.5 Å². The Morgan fingerprint density at radius 1 is 0.442 bits per heavy atom. The number of benzene rings is 8. The first kappa shape index (κ1) is 67.8. The van der Waals surface area contributed by atoms with Gasteiger partial charge in [0, 0.05) is 49.7 Å². The topological polar surface area (TPSA) is 290 Å². The van der Waals surface area contributed by atoms with Crippen LogP contribution in [0.1, 0.15) is 95.7 Å². The summed E-state index contributed by atoms with van der Waals surface area (Å²) in [5, 5.41) is 38.6. The summed E-state index contributed by atoms with van der Waals surface area (Å²) in [5.41, 5.74) is 13.1. The number of carbonyl (C=O) groups excluding carboxylic acids is 5. The maximum atomic E-state index is 15.1. The predicted molar refractivity (Wildman–Crippen MR) is 379 cm³/mol. The minimum Gasteiger partial charge on any atom is -0.489 e. The lowest BCUT2D eigenvalue weighted by molar-refractivity contribution is -0.141. The van der Waals surface area contributed by atoms with Gasteiger partial charge in [-0.05, 0) is 135 Å². The highest BCUT2D eigenvalue weighted by atomic mass is 19.1. The van der Waals surface area contributed by atoms with Gasteiger partial charge in [0.25, 0.3) is 0 Å². The van der Waals surface area contributed by atoms with Crippen LogP contribution in [0.2, 0.25) is 0 Å². The van der Waals surface area contributed by atoms with Gasteiger partial charge in [-0.25, -0.2) is 29.7 Å². The summed E-state index contributed by atoms with van der Waals surface area (Å²) in [6.45, 7) is 2.72. The number of hydrogen-bond donors (Lipinski definition) is 8. The lowest BCUT2D eigenvalue weighted by Crippen LogP contribution is -2.28. The molecule has 3 unspecified atom stereocenters. The highest BCUT2D eigenvalue weighted by molar-refractivity contribution is 5.99. The highest BCUT2D eigenvalue weighted by Gasteiger charge is 2.69. The van der Waals surface area contributed by atoms with Gasteiger partial charge >= 0.3 is 5.97 Å². The molecular formula is C82H70F2N8O12. The van der Waals surface area contributed by atoms with E-state index in [1.54, 1.807) is 35.2 Å². The molecule has 3 aliphatic heterocycles. The molecule has 3 spiro atoms. The number of pyridine rings is 3.